The van der Waals surface area contributed by atoms with E-state index in [1.807, 2.05) is 17.4 Å². The molecule has 4 nitrogen and oxygen atoms in total. The molecule has 0 aliphatic rings. The molecule has 268 valence electrons. The topological polar surface area (TPSA) is 43.9 Å². The van der Waals surface area contributed by atoms with E-state index >= 15 is 0 Å². The lowest BCUT2D eigenvalue weighted by Crippen LogP contribution is -2.04. The highest BCUT2D eigenvalue weighted by Crippen LogP contribution is 2.45. The Balaban J connectivity index is 1.21. The molecule has 0 aliphatic carbocycles. The van der Waals surface area contributed by atoms with Gasteiger partial charge >= 0.3 is 0 Å². The Labute approximate surface area is 331 Å². The molecule has 0 atom stereocenters. The van der Waals surface area contributed by atoms with Crippen molar-refractivity contribution in [1.29, 1.82) is 0 Å². The van der Waals surface area contributed by atoms with E-state index < -0.39 is 0 Å². The molecule has 4 aromatic heterocycles. The van der Waals surface area contributed by atoms with Crippen LogP contribution in [-0.4, -0.2) is 14.5 Å². The number of hydrogen-bond acceptors (Lipinski definition) is 4. The number of thiophene rings is 1. The van der Waals surface area contributed by atoms with Crippen molar-refractivity contribution in [3.05, 3.63) is 175 Å². The number of benzene rings is 8. The second-order valence-corrected chi connectivity index (χ2v) is 15.8. The molecule has 0 bridgehead atoms. The van der Waals surface area contributed by atoms with Crippen LogP contribution in [-0.2, 0) is 6.42 Å². The average molecular weight is 748 g/mol. The van der Waals surface area contributed by atoms with Crippen LogP contribution in [0.1, 0.15) is 12.5 Å². The van der Waals surface area contributed by atoms with E-state index in [1.165, 1.54) is 41.7 Å². The van der Waals surface area contributed by atoms with E-state index in [1.54, 1.807) is 0 Å². The summed E-state index contributed by atoms with van der Waals surface area (Å²) in [6, 6.07) is 60.6. The molecule has 5 heteroatoms. The molecule has 0 saturated carbocycles. The number of aromatic nitrogens is 3. The lowest BCUT2D eigenvalue weighted by Gasteiger charge is -2.17. The van der Waals surface area contributed by atoms with Crippen LogP contribution >= 0.6 is 11.3 Å². The summed E-state index contributed by atoms with van der Waals surface area (Å²) in [7, 11) is 0. The lowest BCUT2D eigenvalue weighted by atomic mass is 9.96. The molecule has 0 spiro atoms. The predicted molar refractivity (Wildman–Crippen MR) is 240 cm³/mol. The fourth-order valence-electron chi connectivity index (χ4n) is 9.01. The van der Waals surface area contributed by atoms with Crippen LogP contribution < -0.4 is 0 Å². The minimum absolute atomic E-state index is 0.670. The van der Waals surface area contributed by atoms with Crippen molar-refractivity contribution in [2.75, 3.05) is 0 Å². The normalized spacial score (nSPS) is 12.0. The van der Waals surface area contributed by atoms with Crippen molar-refractivity contribution in [3.63, 3.8) is 0 Å². The molecule has 0 unspecified atom stereocenters. The summed E-state index contributed by atoms with van der Waals surface area (Å²) < 4.78 is 11.6. The third-order valence-electron chi connectivity index (χ3n) is 11.6. The van der Waals surface area contributed by atoms with Gasteiger partial charge in [-0.05, 0) is 53.6 Å². The second kappa shape index (κ2) is 12.5. The van der Waals surface area contributed by atoms with E-state index in [4.69, 9.17) is 14.4 Å². The van der Waals surface area contributed by atoms with Crippen molar-refractivity contribution in [3.8, 4) is 39.6 Å². The second-order valence-electron chi connectivity index (χ2n) is 14.8. The Hall–Kier alpha value is -7.08. The fourth-order valence-corrected chi connectivity index (χ4v) is 10.2. The molecule has 0 N–H and O–H groups in total. The zero-order chi connectivity index (χ0) is 37.6. The molecule has 0 radical (unpaired) electrons. The first-order valence-electron chi connectivity index (χ1n) is 19.5. The zero-order valence-corrected chi connectivity index (χ0v) is 31.8. The van der Waals surface area contributed by atoms with E-state index in [2.05, 4.69) is 175 Å². The van der Waals surface area contributed by atoms with Crippen LogP contribution in [0.5, 0.6) is 0 Å². The molecule has 0 amide bonds. The molecule has 0 aliphatic heterocycles. The summed E-state index contributed by atoms with van der Waals surface area (Å²) in [6.45, 7) is 2.22. The molecular formula is C52H33N3OS. The highest BCUT2D eigenvalue weighted by molar-refractivity contribution is 7.26. The van der Waals surface area contributed by atoms with Gasteiger partial charge in [-0.1, -0.05) is 134 Å². The quantitative estimate of drug-likeness (QED) is 0.176. The van der Waals surface area contributed by atoms with Gasteiger partial charge < -0.3 is 8.98 Å². The molecule has 57 heavy (non-hydrogen) atoms. The molecule has 12 rings (SSSR count). The minimum Gasteiger partial charge on any atom is -0.456 e. The van der Waals surface area contributed by atoms with Crippen LogP contribution in [0.25, 0.3) is 114 Å². The van der Waals surface area contributed by atoms with Crippen molar-refractivity contribution in [1.82, 2.24) is 14.5 Å². The molecule has 12 aromatic rings. The van der Waals surface area contributed by atoms with Gasteiger partial charge in [0.05, 0.1) is 28.1 Å². The van der Waals surface area contributed by atoms with E-state index in [0.29, 0.717) is 5.82 Å². The summed E-state index contributed by atoms with van der Waals surface area (Å²) >= 11 is 1.84. The Morgan fingerprint density at radius 3 is 2.09 bits per heavy atom. The number of hydrogen-bond donors (Lipinski definition) is 0. The SMILES string of the molecule is CCc1c(-c2ccccc2)nc(-c2cc(-n3c4ccccc4c4cc5ccccc5cc43)cc3oc4ccccc4c23)nc1-c1cccc2c1sc1ccccc12. The maximum atomic E-state index is 6.75. The maximum Gasteiger partial charge on any atom is 0.161 e. The largest absolute Gasteiger partial charge is 0.456 e. The molecule has 0 saturated heterocycles. The van der Waals surface area contributed by atoms with Gasteiger partial charge in [-0.25, -0.2) is 9.97 Å². The molecule has 0 fully saturated rings. The van der Waals surface area contributed by atoms with Gasteiger partial charge in [-0.3, -0.25) is 0 Å². The van der Waals surface area contributed by atoms with Gasteiger partial charge in [0.1, 0.15) is 11.2 Å². The minimum atomic E-state index is 0.670. The van der Waals surface area contributed by atoms with Crippen molar-refractivity contribution < 1.29 is 4.42 Å². The van der Waals surface area contributed by atoms with Gasteiger partial charge in [-0.2, -0.15) is 0 Å². The number of para-hydroxylation sites is 2. The number of rotatable bonds is 5. The monoisotopic (exact) mass is 747 g/mol. The van der Waals surface area contributed by atoms with E-state index in [0.717, 1.165) is 78.7 Å². The van der Waals surface area contributed by atoms with Crippen molar-refractivity contribution in [2.24, 2.45) is 0 Å². The van der Waals surface area contributed by atoms with Crippen LogP contribution in [0.4, 0.5) is 0 Å². The standard InChI is InChI=1S/C52H33N3OS/c1-2-35-49(31-15-4-3-5-16-31)53-52(54-50(35)40-23-14-22-38-37-20-10-13-26-47(37)57-51(38)40)42-29-34(30-46-48(42)39-21-9-12-25-45(39)56-46)55-43-24-11-8-19-36(43)41-27-32-17-6-7-18-33(32)28-44(41)55/h3-30H,2H2,1H3. The van der Waals surface area contributed by atoms with Crippen LogP contribution in [0.15, 0.2) is 174 Å². The summed E-state index contributed by atoms with van der Waals surface area (Å²) in [5, 5.41) is 9.41. The molecule has 4 heterocycles. The first kappa shape index (κ1) is 32.2. The van der Waals surface area contributed by atoms with Gasteiger partial charge in [-0.15, -0.1) is 11.3 Å². The fraction of sp³-hybridized carbons (Fsp3) is 0.0385. The number of nitrogens with zero attached hydrogens (tertiary/aromatic N) is 3. The highest BCUT2D eigenvalue weighted by atomic mass is 32.1. The van der Waals surface area contributed by atoms with Crippen LogP contribution in [0, 0.1) is 0 Å². The van der Waals surface area contributed by atoms with E-state index in [-0.39, 0.29) is 0 Å². The molecular weight excluding hydrogens is 715 g/mol. The van der Waals surface area contributed by atoms with Crippen molar-refractivity contribution >= 4 is 86.0 Å². The Bertz CT molecular complexity index is 3570. The Morgan fingerprint density at radius 1 is 0.526 bits per heavy atom. The van der Waals surface area contributed by atoms with E-state index in [9.17, 15) is 0 Å². The summed E-state index contributed by atoms with van der Waals surface area (Å²) in [6.07, 6.45) is 0.778. The van der Waals surface area contributed by atoms with Gasteiger partial charge in [0.25, 0.3) is 0 Å². The third-order valence-corrected chi connectivity index (χ3v) is 12.8. The Kier molecular flexibility index (Phi) is 7.04. The first-order chi connectivity index (χ1) is 28.2. The van der Waals surface area contributed by atoms with Gasteiger partial charge in [0, 0.05) is 70.0 Å². The average Bonchev–Trinajstić information content (AvgIpc) is 3.94. The van der Waals surface area contributed by atoms with Gasteiger partial charge in [0.15, 0.2) is 5.82 Å². The lowest BCUT2D eigenvalue weighted by molar-refractivity contribution is 0.668. The first-order valence-corrected chi connectivity index (χ1v) is 20.3. The summed E-state index contributed by atoms with van der Waals surface area (Å²) in [4.78, 5) is 11.2. The number of furan rings is 1. The van der Waals surface area contributed by atoms with Crippen LogP contribution in [0.2, 0.25) is 0 Å². The van der Waals surface area contributed by atoms with Gasteiger partial charge in [0.2, 0.25) is 0 Å². The number of fused-ring (bicyclic) bond motifs is 10. The van der Waals surface area contributed by atoms with Crippen LogP contribution in [0.3, 0.4) is 0 Å². The third kappa shape index (κ3) is 4.86. The molecule has 8 aromatic carbocycles. The summed E-state index contributed by atoms with van der Waals surface area (Å²) in [5.74, 6) is 0.670. The highest BCUT2D eigenvalue weighted by Gasteiger charge is 2.24. The zero-order valence-electron chi connectivity index (χ0n) is 31.0. The summed E-state index contributed by atoms with van der Waals surface area (Å²) in [5.41, 5.74) is 11.1. The smallest absolute Gasteiger partial charge is 0.161 e. The van der Waals surface area contributed by atoms with Crippen molar-refractivity contribution in [2.45, 2.75) is 13.3 Å². The maximum absolute atomic E-state index is 6.75. The predicted octanol–water partition coefficient (Wildman–Crippen LogP) is 14.6. The Morgan fingerprint density at radius 2 is 1.23 bits per heavy atom.